The Morgan fingerprint density at radius 2 is 2.12 bits per heavy atom. The van der Waals surface area contributed by atoms with Crippen molar-refractivity contribution in [2.75, 3.05) is 11.4 Å². The molecule has 26 heavy (non-hydrogen) atoms. The summed E-state index contributed by atoms with van der Waals surface area (Å²) >= 11 is 2.02. The summed E-state index contributed by atoms with van der Waals surface area (Å²) in [5.41, 5.74) is 0.509. The lowest BCUT2D eigenvalue weighted by Gasteiger charge is -2.31. The summed E-state index contributed by atoms with van der Waals surface area (Å²) in [6, 6.07) is 6.73. The summed E-state index contributed by atoms with van der Waals surface area (Å²) in [6.07, 6.45) is 2.25. The van der Waals surface area contributed by atoms with Crippen molar-refractivity contribution < 1.29 is 14.0 Å². The molecule has 1 aliphatic heterocycles. The average Bonchev–Trinajstić information content (AvgIpc) is 2.61. The van der Waals surface area contributed by atoms with E-state index in [1.165, 1.54) is 6.07 Å². The Hall–Kier alpha value is -2.34. The Bertz CT molecular complexity index is 966. The zero-order chi connectivity index (χ0) is 19.1. The van der Waals surface area contributed by atoms with Gasteiger partial charge in [0.2, 0.25) is 0 Å². The van der Waals surface area contributed by atoms with Crippen LogP contribution in [0, 0.1) is 20.7 Å². The molecule has 3 rings (SSSR count). The predicted molar refractivity (Wildman–Crippen MR) is 103 cm³/mol. The van der Waals surface area contributed by atoms with E-state index in [-0.39, 0.29) is 30.0 Å². The molecular formula is C19H15FIN3O2. The Kier molecular flexibility index (Phi) is 4.80. The third-order valence-electron chi connectivity index (χ3n) is 4.51. The van der Waals surface area contributed by atoms with Gasteiger partial charge in [-0.15, -0.1) is 0 Å². The first-order chi connectivity index (χ1) is 12.3. The van der Waals surface area contributed by atoms with Gasteiger partial charge in [0.1, 0.15) is 11.6 Å². The van der Waals surface area contributed by atoms with Gasteiger partial charge < -0.3 is 4.90 Å². The first kappa shape index (κ1) is 18.5. The number of hydrogen-bond acceptors (Lipinski definition) is 5. The van der Waals surface area contributed by atoms with Crippen molar-refractivity contribution in [2.45, 2.75) is 25.8 Å². The smallest absolute Gasteiger partial charge is 0.182 e. The maximum atomic E-state index is 14.7. The predicted octanol–water partition coefficient (Wildman–Crippen LogP) is 3.64. The molecule has 2 heterocycles. The molecule has 0 saturated carbocycles. The van der Waals surface area contributed by atoms with Crippen molar-refractivity contribution in [1.29, 1.82) is 5.26 Å². The average molecular weight is 463 g/mol. The molecule has 0 amide bonds. The molecule has 0 radical (unpaired) electrons. The van der Waals surface area contributed by atoms with Gasteiger partial charge >= 0.3 is 0 Å². The molecular weight excluding hydrogens is 448 g/mol. The number of carbonyl (C=O) groups is 2. The molecule has 132 valence electrons. The molecule has 0 fully saturated rings. The van der Waals surface area contributed by atoms with Crippen molar-refractivity contribution in [3.63, 3.8) is 0 Å². The van der Waals surface area contributed by atoms with Crippen LogP contribution in [-0.2, 0) is 12.0 Å². The standard InChI is InChI=1S/C19H15FIN3O2/c1-19(2,10-22)11-5-12-13(15(20)6-11)7-24(8-17(12)26)18-14(9-25)16(21)3-4-23-18/h3-6,9H,7-8H2,1-2H3. The Morgan fingerprint density at radius 1 is 1.38 bits per heavy atom. The van der Waals surface area contributed by atoms with Crippen molar-refractivity contribution >= 4 is 40.5 Å². The van der Waals surface area contributed by atoms with Gasteiger partial charge in [0.15, 0.2) is 12.1 Å². The van der Waals surface area contributed by atoms with E-state index in [4.69, 9.17) is 0 Å². The third-order valence-corrected chi connectivity index (χ3v) is 5.45. The highest BCUT2D eigenvalue weighted by Gasteiger charge is 2.31. The summed E-state index contributed by atoms with van der Waals surface area (Å²) in [5, 5.41) is 9.28. The second kappa shape index (κ2) is 6.76. The molecule has 0 saturated heterocycles. The van der Waals surface area contributed by atoms with Gasteiger partial charge in [0.05, 0.1) is 23.6 Å². The minimum absolute atomic E-state index is 0.00317. The number of nitrogens with zero attached hydrogens (tertiary/aromatic N) is 3. The quantitative estimate of drug-likeness (QED) is 0.514. The van der Waals surface area contributed by atoms with Crippen LogP contribution in [0.25, 0.3) is 0 Å². The van der Waals surface area contributed by atoms with E-state index < -0.39 is 11.2 Å². The lowest BCUT2D eigenvalue weighted by molar-refractivity contribution is 0.0989. The van der Waals surface area contributed by atoms with Crippen LogP contribution < -0.4 is 4.90 Å². The van der Waals surface area contributed by atoms with Crippen molar-refractivity contribution in [2.24, 2.45) is 0 Å². The van der Waals surface area contributed by atoms with E-state index >= 15 is 0 Å². The molecule has 0 bridgehead atoms. The normalized spacial score (nSPS) is 14.0. The highest BCUT2D eigenvalue weighted by atomic mass is 127. The van der Waals surface area contributed by atoms with E-state index in [0.29, 0.717) is 26.8 Å². The first-order valence-electron chi connectivity index (χ1n) is 7.90. The summed E-state index contributed by atoms with van der Waals surface area (Å²) in [6.45, 7) is 3.49. The van der Waals surface area contributed by atoms with Crippen LogP contribution in [0.2, 0.25) is 0 Å². The van der Waals surface area contributed by atoms with Crippen LogP contribution in [0.4, 0.5) is 10.2 Å². The van der Waals surface area contributed by atoms with E-state index in [0.717, 1.165) is 0 Å². The lowest BCUT2D eigenvalue weighted by atomic mass is 9.83. The van der Waals surface area contributed by atoms with Crippen LogP contribution in [0.15, 0.2) is 24.4 Å². The fourth-order valence-electron chi connectivity index (χ4n) is 2.93. The van der Waals surface area contributed by atoms with Crippen molar-refractivity contribution in [3.8, 4) is 6.07 Å². The Balaban J connectivity index is 2.08. The second-order valence-electron chi connectivity index (χ2n) is 6.65. The van der Waals surface area contributed by atoms with E-state index in [1.54, 1.807) is 37.1 Å². The number of ketones is 1. The molecule has 0 unspecified atom stereocenters. The summed E-state index contributed by atoms with van der Waals surface area (Å²) < 4.78 is 15.5. The summed E-state index contributed by atoms with van der Waals surface area (Å²) in [7, 11) is 0. The van der Waals surface area contributed by atoms with Crippen molar-refractivity contribution in [3.05, 3.63) is 56.0 Å². The van der Waals surface area contributed by atoms with Gasteiger partial charge in [0.25, 0.3) is 0 Å². The summed E-state index contributed by atoms with van der Waals surface area (Å²) in [4.78, 5) is 29.9. The maximum Gasteiger partial charge on any atom is 0.182 e. The number of carbonyl (C=O) groups excluding carboxylic acids is 2. The van der Waals surface area contributed by atoms with Gasteiger partial charge in [-0.05, 0) is 60.2 Å². The van der Waals surface area contributed by atoms with Gasteiger partial charge in [-0.3, -0.25) is 9.59 Å². The monoisotopic (exact) mass is 463 g/mol. The molecule has 2 aromatic rings. The molecule has 0 atom stereocenters. The fraction of sp³-hybridized carbons (Fsp3) is 0.263. The molecule has 1 aromatic carbocycles. The van der Waals surface area contributed by atoms with E-state index in [9.17, 15) is 19.2 Å². The molecule has 0 spiro atoms. The van der Waals surface area contributed by atoms with Crippen LogP contribution in [0.5, 0.6) is 0 Å². The molecule has 1 aromatic heterocycles. The van der Waals surface area contributed by atoms with Gasteiger partial charge in [0, 0.05) is 27.4 Å². The Labute approximate surface area is 164 Å². The molecule has 0 N–H and O–H groups in total. The van der Waals surface area contributed by atoms with Gasteiger partial charge in [-0.25, -0.2) is 9.37 Å². The van der Waals surface area contributed by atoms with Gasteiger partial charge in [-0.1, -0.05) is 0 Å². The SMILES string of the molecule is CC(C)(C#N)c1cc(F)c2c(c1)C(=O)CN(c1nccc(I)c1C=O)C2. The number of aromatic nitrogens is 1. The maximum absolute atomic E-state index is 14.7. The number of Topliss-reactive ketones (excluding diaryl/α,β-unsaturated/α-hetero) is 1. The zero-order valence-corrected chi connectivity index (χ0v) is 16.4. The largest absolute Gasteiger partial charge is 0.344 e. The minimum Gasteiger partial charge on any atom is -0.344 e. The number of fused-ring (bicyclic) bond motifs is 1. The van der Waals surface area contributed by atoms with E-state index in [1.807, 2.05) is 22.6 Å². The fourth-order valence-corrected chi connectivity index (χ4v) is 3.46. The zero-order valence-electron chi connectivity index (χ0n) is 14.2. The van der Waals surface area contributed by atoms with Gasteiger partial charge in [-0.2, -0.15) is 5.26 Å². The van der Waals surface area contributed by atoms with Crippen LogP contribution >= 0.6 is 22.6 Å². The number of aldehydes is 1. The third kappa shape index (κ3) is 3.09. The molecule has 7 heteroatoms. The first-order valence-corrected chi connectivity index (χ1v) is 8.98. The second-order valence-corrected chi connectivity index (χ2v) is 7.81. The van der Waals surface area contributed by atoms with Crippen LogP contribution in [-0.4, -0.2) is 23.6 Å². The van der Waals surface area contributed by atoms with Crippen LogP contribution in [0.1, 0.15) is 45.7 Å². The molecule has 5 nitrogen and oxygen atoms in total. The number of halogens is 2. The molecule has 1 aliphatic rings. The topological polar surface area (TPSA) is 74.1 Å². The van der Waals surface area contributed by atoms with Crippen molar-refractivity contribution in [1.82, 2.24) is 4.98 Å². The number of anilines is 1. The number of nitriles is 1. The number of pyridine rings is 1. The highest BCUT2D eigenvalue weighted by Crippen LogP contribution is 2.32. The molecule has 0 aliphatic carbocycles. The number of hydrogen-bond donors (Lipinski definition) is 0. The number of benzene rings is 1. The lowest BCUT2D eigenvalue weighted by Crippen LogP contribution is -2.37. The Morgan fingerprint density at radius 3 is 2.77 bits per heavy atom. The highest BCUT2D eigenvalue weighted by molar-refractivity contribution is 14.1. The van der Waals surface area contributed by atoms with Crippen LogP contribution in [0.3, 0.4) is 0 Å². The van der Waals surface area contributed by atoms with E-state index in [2.05, 4.69) is 11.1 Å². The number of rotatable bonds is 3. The minimum atomic E-state index is -0.894. The summed E-state index contributed by atoms with van der Waals surface area (Å²) in [5.74, 6) is -0.429.